The number of carbonyl (C=O) groups is 1. The van der Waals surface area contributed by atoms with Gasteiger partial charge >= 0.3 is 0 Å². The second kappa shape index (κ2) is 6.10. The average molecular weight is 349 g/mol. The molecule has 4 heterocycles. The van der Waals surface area contributed by atoms with Crippen molar-refractivity contribution in [2.45, 2.75) is 18.9 Å². The summed E-state index contributed by atoms with van der Waals surface area (Å²) < 4.78 is 7.48. The number of nitrogens with one attached hydrogen (secondary N) is 1. The van der Waals surface area contributed by atoms with Crippen molar-refractivity contribution in [3.63, 3.8) is 0 Å². The zero-order valence-electron chi connectivity index (χ0n) is 14.3. The number of amides is 1. The first-order valence-corrected chi connectivity index (χ1v) is 8.88. The molecule has 1 amide bonds. The maximum atomic E-state index is 12.5. The lowest BCUT2D eigenvalue weighted by Crippen LogP contribution is -2.52. The van der Waals surface area contributed by atoms with Gasteiger partial charge in [0.2, 0.25) is 5.91 Å². The summed E-state index contributed by atoms with van der Waals surface area (Å²) in [4.78, 5) is 23.5. The Kier molecular flexibility index (Phi) is 3.60. The number of ether oxygens (including phenoxy) is 1. The third kappa shape index (κ3) is 2.43. The molecule has 1 saturated heterocycles. The smallest absolute Gasteiger partial charge is 0.249 e. The van der Waals surface area contributed by atoms with Gasteiger partial charge < -0.3 is 10.2 Å². The van der Waals surface area contributed by atoms with Crippen LogP contribution in [0.4, 0.5) is 5.82 Å². The highest BCUT2D eigenvalue weighted by atomic mass is 16.5. The maximum Gasteiger partial charge on any atom is 0.249 e. The van der Waals surface area contributed by atoms with Crippen LogP contribution in [0.3, 0.4) is 0 Å². The van der Waals surface area contributed by atoms with Gasteiger partial charge in [0.15, 0.2) is 11.6 Å². The number of carbonyl (C=O) groups excluding carboxylic acids is 1. The second-order valence-electron chi connectivity index (χ2n) is 6.66. The summed E-state index contributed by atoms with van der Waals surface area (Å²) in [5.41, 5.74) is 5.03. The van der Waals surface area contributed by atoms with Crippen molar-refractivity contribution < 1.29 is 9.53 Å². The Hall–Kier alpha value is -2.93. The number of pyridine rings is 1. The van der Waals surface area contributed by atoms with Crippen LogP contribution in [0.1, 0.15) is 12.8 Å². The van der Waals surface area contributed by atoms with Crippen LogP contribution in [-0.2, 0) is 9.53 Å². The molecule has 2 aliphatic rings. The first-order valence-electron chi connectivity index (χ1n) is 8.88. The Bertz CT molecular complexity index is 977. The quantitative estimate of drug-likeness (QED) is 0.768. The molecule has 0 bridgehead atoms. The van der Waals surface area contributed by atoms with E-state index in [0.717, 1.165) is 47.6 Å². The highest BCUT2D eigenvalue weighted by Gasteiger charge is 2.33. The first-order chi connectivity index (χ1) is 12.8. The summed E-state index contributed by atoms with van der Waals surface area (Å²) in [7, 11) is 0. The van der Waals surface area contributed by atoms with E-state index in [1.807, 2.05) is 40.0 Å². The topological polar surface area (TPSA) is 72.3 Å². The summed E-state index contributed by atoms with van der Waals surface area (Å²) in [5.74, 6) is 1.57. The van der Waals surface area contributed by atoms with Crippen molar-refractivity contribution in [2.75, 3.05) is 30.1 Å². The van der Waals surface area contributed by atoms with Gasteiger partial charge in [-0.05, 0) is 25.0 Å². The molecule has 2 aromatic heterocycles. The van der Waals surface area contributed by atoms with Crippen LogP contribution in [0.15, 0.2) is 42.7 Å². The average Bonchev–Trinajstić information content (AvgIpc) is 3.12. The standard InChI is InChI=1S/C19H19N5O2/c25-18-11-22-24-17(23(18)15-5-3-7-26-12-15)10-21-19(24)14-8-13-4-1-2-6-16(13)20-9-14/h1-2,4,6,8-10,15,22H,3,5,7,11-12H2. The van der Waals surface area contributed by atoms with Crippen LogP contribution in [0.2, 0.25) is 0 Å². The first kappa shape index (κ1) is 15.3. The van der Waals surface area contributed by atoms with E-state index in [2.05, 4.69) is 21.5 Å². The molecule has 7 nitrogen and oxygen atoms in total. The fraction of sp³-hybridized carbons (Fsp3) is 0.316. The van der Waals surface area contributed by atoms with Gasteiger partial charge in [-0.2, -0.15) is 0 Å². The van der Waals surface area contributed by atoms with Crippen molar-refractivity contribution in [1.82, 2.24) is 14.6 Å². The van der Waals surface area contributed by atoms with E-state index in [4.69, 9.17) is 4.74 Å². The Morgan fingerprint density at radius 1 is 1.19 bits per heavy atom. The van der Waals surface area contributed by atoms with E-state index < -0.39 is 0 Å². The number of para-hydroxylation sites is 1. The van der Waals surface area contributed by atoms with Gasteiger partial charge in [0.05, 0.1) is 24.4 Å². The molecule has 0 radical (unpaired) electrons. The third-order valence-electron chi connectivity index (χ3n) is 5.00. The number of rotatable bonds is 2. The van der Waals surface area contributed by atoms with Gasteiger partial charge in [-0.1, -0.05) is 18.2 Å². The minimum Gasteiger partial charge on any atom is -0.379 e. The van der Waals surface area contributed by atoms with Crippen LogP contribution >= 0.6 is 0 Å². The minimum atomic E-state index is 0.0519. The van der Waals surface area contributed by atoms with Crippen LogP contribution in [0.25, 0.3) is 22.3 Å². The van der Waals surface area contributed by atoms with Gasteiger partial charge in [-0.3, -0.25) is 14.7 Å². The number of benzene rings is 1. The van der Waals surface area contributed by atoms with E-state index >= 15 is 0 Å². The summed E-state index contributed by atoms with van der Waals surface area (Å²) in [6.07, 6.45) is 5.49. The Morgan fingerprint density at radius 2 is 2.12 bits per heavy atom. The number of hydrogen-bond donors (Lipinski definition) is 1. The predicted molar refractivity (Wildman–Crippen MR) is 98.5 cm³/mol. The number of anilines is 1. The summed E-state index contributed by atoms with van der Waals surface area (Å²) in [6.45, 7) is 1.59. The van der Waals surface area contributed by atoms with Crippen molar-refractivity contribution in [2.24, 2.45) is 0 Å². The SMILES string of the molecule is O=C1CNn2c(cnc2-c2cnc3ccccc3c2)N1C1CCCOC1. The molecule has 0 saturated carbocycles. The lowest BCUT2D eigenvalue weighted by molar-refractivity contribution is -0.118. The molecule has 1 unspecified atom stereocenters. The van der Waals surface area contributed by atoms with Gasteiger partial charge in [0.1, 0.15) is 6.54 Å². The third-order valence-corrected chi connectivity index (χ3v) is 5.00. The van der Waals surface area contributed by atoms with E-state index in [-0.39, 0.29) is 18.5 Å². The normalized spacial score (nSPS) is 20.1. The Balaban J connectivity index is 1.56. The highest BCUT2D eigenvalue weighted by molar-refractivity contribution is 5.97. The summed E-state index contributed by atoms with van der Waals surface area (Å²) in [5, 5.41) is 1.06. The molecule has 2 aliphatic heterocycles. The van der Waals surface area contributed by atoms with Crippen LogP contribution in [0.5, 0.6) is 0 Å². The lowest BCUT2D eigenvalue weighted by Gasteiger charge is -2.37. The van der Waals surface area contributed by atoms with E-state index in [0.29, 0.717) is 6.61 Å². The number of fused-ring (bicyclic) bond motifs is 2. The molecule has 1 fully saturated rings. The Morgan fingerprint density at radius 3 is 3.00 bits per heavy atom. The number of hydrogen-bond acceptors (Lipinski definition) is 5. The molecule has 3 aromatic rings. The zero-order chi connectivity index (χ0) is 17.5. The number of imidazole rings is 1. The van der Waals surface area contributed by atoms with Crippen molar-refractivity contribution >= 4 is 22.6 Å². The molecule has 5 rings (SSSR count). The van der Waals surface area contributed by atoms with Crippen molar-refractivity contribution in [3.05, 3.63) is 42.7 Å². The van der Waals surface area contributed by atoms with Gasteiger partial charge in [0.25, 0.3) is 0 Å². The van der Waals surface area contributed by atoms with Gasteiger partial charge in [-0.15, -0.1) is 0 Å². The van der Waals surface area contributed by atoms with Crippen LogP contribution < -0.4 is 10.3 Å². The summed E-state index contributed by atoms with van der Waals surface area (Å²) >= 11 is 0. The highest BCUT2D eigenvalue weighted by Crippen LogP contribution is 2.30. The number of nitrogens with zero attached hydrogens (tertiary/aromatic N) is 4. The zero-order valence-corrected chi connectivity index (χ0v) is 14.3. The largest absolute Gasteiger partial charge is 0.379 e. The Labute approximate surface area is 150 Å². The fourth-order valence-electron chi connectivity index (χ4n) is 3.74. The second-order valence-corrected chi connectivity index (χ2v) is 6.66. The molecule has 0 spiro atoms. The van der Waals surface area contributed by atoms with Crippen molar-refractivity contribution in [3.8, 4) is 11.4 Å². The molecule has 1 atom stereocenters. The molecule has 1 aromatic carbocycles. The molecular formula is C19H19N5O2. The van der Waals surface area contributed by atoms with Crippen LogP contribution in [0, 0.1) is 0 Å². The molecule has 7 heteroatoms. The fourth-order valence-corrected chi connectivity index (χ4v) is 3.74. The van der Waals surface area contributed by atoms with Gasteiger partial charge in [0, 0.05) is 23.8 Å². The molecular weight excluding hydrogens is 330 g/mol. The molecule has 132 valence electrons. The monoisotopic (exact) mass is 349 g/mol. The van der Waals surface area contributed by atoms with E-state index in [9.17, 15) is 4.79 Å². The molecule has 1 N–H and O–H groups in total. The van der Waals surface area contributed by atoms with Crippen molar-refractivity contribution in [1.29, 1.82) is 0 Å². The molecule has 0 aliphatic carbocycles. The maximum absolute atomic E-state index is 12.5. The van der Waals surface area contributed by atoms with Crippen LogP contribution in [-0.4, -0.2) is 46.4 Å². The number of aromatic nitrogens is 3. The van der Waals surface area contributed by atoms with E-state index in [1.54, 1.807) is 6.20 Å². The lowest BCUT2D eigenvalue weighted by atomic mass is 10.1. The van der Waals surface area contributed by atoms with Gasteiger partial charge in [-0.25, -0.2) is 9.66 Å². The predicted octanol–water partition coefficient (Wildman–Crippen LogP) is 2.17. The molecule has 26 heavy (non-hydrogen) atoms. The summed E-state index contributed by atoms with van der Waals surface area (Å²) in [6, 6.07) is 10.1. The van der Waals surface area contributed by atoms with E-state index in [1.165, 1.54) is 0 Å². The minimum absolute atomic E-state index is 0.0519.